The standard InChI is InChI=1S/C19H13ClN2O6/c20-13-3-5-14(6-4-13)21-18(23)11-27-19(24)17-10-9-16(28-17)12-1-7-15(8-2-12)22(25)26/h1-10H,11H2,(H,21,23). The van der Waals surface area contributed by atoms with Gasteiger partial charge in [0.25, 0.3) is 11.6 Å². The second-order valence-electron chi connectivity index (χ2n) is 5.60. The molecule has 1 aromatic heterocycles. The van der Waals surface area contributed by atoms with E-state index in [4.69, 9.17) is 20.8 Å². The molecule has 0 atom stereocenters. The van der Waals surface area contributed by atoms with Crippen molar-refractivity contribution in [2.24, 2.45) is 0 Å². The molecule has 1 amide bonds. The number of nitro benzene ring substituents is 1. The van der Waals surface area contributed by atoms with Gasteiger partial charge in [0.2, 0.25) is 5.76 Å². The number of hydrogen-bond acceptors (Lipinski definition) is 6. The lowest BCUT2D eigenvalue weighted by molar-refractivity contribution is -0.384. The van der Waals surface area contributed by atoms with Crippen LogP contribution in [0.3, 0.4) is 0 Å². The first-order valence-corrected chi connectivity index (χ1v) is 8.37. The number of nitrogens with one attached hydrogen (secondary N) is 1. The molecule has 0 bridgehead atoms. The number of esters is 1. The van der Waals surface area contributed by atoms with Crippen LogP contribution < -0.4 is 5.32 Å². The predicted molar refractivity (Wildman–Crippen MR) is 101 cm³/mol. The van der Waals surface area contributed by atoms with E-state index < -0.39 is 23.4 Å². The van der Waals surface area contributed by atoms with Gasteiger partial charge in [-0.1, -0.05) is 11.6 Å². The summed E-state index contributed by atoms with van der Waals surface area (Å²) in [6, 6.07) is 15.1. The number of carbonyl (C=O) groups is 2. The number of nitrogens with zero attached hydrogens (tertiary/aromatic N) is 1. The maximum atomic E-state index is 12.0. The number of hydrogen-bond donors (Lipinski definition) is 1. The minimum atomic E-state index is -0.806. The van der Waals surface area contributed by atoms with Gasteiger partial charge >= 0.3 is 5.97 Å². The van der Waals surface area contributed by atoms with Crippen molar-refractivity contribution in [2.45, 2.75) is 0 Å². The molecule has 2 aromatic carbocycles. The van der Waals surface area contributed by atoms with Crippen LogP contribution in [-0.2, 0) is 9.53 Å². The van der Waals surface area contributed by atoms with Crippen LogP contribution in [0, 0.1) is 10.1 Å². The van der Waals surface area contributed by atoms with E-state index in [1.807, 2.05) is 0 Å². The third-order valence-electron chi connectivity index (χ3n) is 3.63. The number of halogens is 1. The van der Waals surface area contributed by atoms with E-state index in [2.05, 4.69) is 5.32 Å². The van der Waals surface area contributed by atoms with Crippen molar-refractivity contribution in [1.82, 2.24) is 0 Å². The molecular weight excluding hydrogens is 388 g/mol. The molecule has 9 heteroatoms. The Hall–Kier alpha value is -3.65. The molecule has 0 aliphatic heterocycles. The quantitative estimate of drug-likeness (QED) is 0.375. The summed E-state index contributed by atoms with van der Waals surface area (Å²) < 4.78 is 10.3. The second-order valence-corrected chi connectivity index (χ2v) is 6.04. The van der Waals surface area contributed by atoms with Crippen LogP contribution in [0.2, 0.25) is 5.02 Å². The first kappa shape index (κ1) is 19.1. The topological polar surface area (TPSA) is 112 Å². The third kappa shape index (κ3) is 4.74. The zero-order chi connectivity index (χ0) is 20.1. The smallest absolute Gasteiger partial charge is 0.374 e. The van der Waals surface area contributed by atoms with E-state index in [0.29, 0.717) is 22.0 Å². The fourth-order valence-corrected chi connectivity index (χ4v) is 2.41. The molecule has 28 heavy (non-hydrogen) atoms. The Morgan fingerprint density at radius 2 is 1.71 bits per heavy atom. The van der Waals surface area contributed by atoms with Crippen molar-refractivity contribution in [1.29, 1.82) is 0 Å². The van der Waals surface area contributed by atoms with Crippen LogP contribution in [0.25, 0.3) is 11.3 Å². The average molecular weight is 401 g/mol. The van der Waals surface area contributed by atoms with Gasteiger partial charge in [0.1, 0.15) is 5.76 Å². The van der Waals surface area contributed by atoms with Gasteiger partial charge in [0.15, 0.2) is 6.61 Å². The van der Waals surface area contributed by atoms with Gasteiger partial charge in [0, 0.05) is 28.4 Å². The molecule has 0 fully saturated rings. The van der Waals surface area contributed by atoms with Crippen LogP contribution in [0.15, 0.2) is 65.1 Å². The SMILES string of the molecule is O=C(COC(=O)c1ccc(-c2ccc([N+](=O)[O-])cc2)o1)Nc1ccc(Cl)cc1. The van der Waals surface area contributed by atoms with Crippen molar-refractivity contribution in [2.75, 3.05) is 11.9 Å². The van der Waals surface area contributed by atoms with Crippen molar-refractivity contribution < 1.29 is 23.7 Å². The number of benzene rings is 2. The van der Waals surface area contributed by atoms with E-state index in [1.165, 1.54) is 36.4 Å². The van der Waals surface area contributed by atoms with Crippen molar-refractivity contribution >= 4 is 34.9 Å². The number of nitro groups is 1. The number of non-ortho nitro benzene ring substituents is 1. The zero-order valence-electron chi connectivity index (χ0n) is 14.3. The molecule has 0 spiro atoms. The Bertz CT molecular complexity index is 1010. The van der Waals surface area contributed by atoms with Gasteiger partial charge < -0.3 is 14.5 Å². The lowest BCUT2D eigenvalue weighted by Gasteiger charge is -2.05. The Labute approximate surface area is 163 Å². The third-order valence-corrected chi connectivity index (χ3v) is 3.88. The van der Waals surface area contributed by atoms with Gasteiger partial charge in [0.05, 0.1) is 4.92 Å². The molecule has 8 nitrogen and oxygen atoms in total. The predicted octanol–water partition coefficient (Wildman–Crippen LogP) is 4.30. The monoisotopic (exact) mass is 400 g/mol. The van der Waals surface area contributed by atoms with E-state index in [-0.39, 0.29) is 11.4 Å². The molecule has 0 aliphatic rings. The molecule has 3 rings (SSSR count). The Balaban J connectivity index is 1.57. The Morgan fingerprint density at radius 1 is 1.04 bits per heavy atom. The molecule has 0 radical (unpaired) electrons. The van der Waals surface area contributed by atoms with Crippen LogP contribution in [0.1, 0.15) is 10.6 Å². The van der Waals surface area contributed by atoms with E-state index in [1.54, 1.807) is 24.3 Å². The van der Waals surface area contributed by atoms with E-state index >= 15 is 0 Å². The molecule has 0 unspecified atom stereocenters. The highest BCUT2D eigenvalue weighted by atomic mass is 35.5. The number of ether oxygens (including phenoxy) is 1. The maximum Gasteiger partial charge on any atom is 0.374 e. The normalized spacial score (nSPS) is 10.3. The van der Waals surface area contributed by atoms with Crippen LogP contribution in [0.5, 0.6) is 0 Å². The first-order valence-electron chi connectivity index (χ1n) is 7.99. The fraction of sp³-hybridized carbons (Fsp3) is 0.0526. The fourth-order valence-electron chi connectivity index (χ4n) is 2.28. The minimum absolute atomic E-state index is 0.0540. The summed E-state index contributed by atoms with van der Waals surface area (Å²) in [6.45, 7) is -0.491. The van der Waals surface area contributed by atoms with Crippen LogP contribution in [0.4, 0.5) is 11.4 Å². The highest BCUT2D eigenvalue weighted by Crippen LogP contribution is 2.24. The summed E-state index contributed by atoms with van der Waals surface area (Å²) in [6.07, 6.45) is 0. The molecule has 0 aliphatic carbocycles. The number of amides is 1. The van der Waals surface area contributed by atoms with E-state index in [0.717, 1.165) is 0 Å². The van der Waals surface area contributed by atoms with Crippen molar-refractivity contribution in [3.8, 4) is 11.3 Å². The number of carbonyl (C=O) groups excluding carboxylic acids is 2. The van der Waals surface area contributed by atoms with Gasteiger partial charge in [-0.2, -0.15) is 0 Å². The summed E-state index contributed by atoms with van der Waals surface area (Å²) in [5, 5.41) is 13.8. The van der Waals surface area contributed by atoms with Crippen molar-refractivity contribution in [3.05, 3.63) is 81.6 Å². The van der Waals surface area contributed by atoms with E-state index in [9.17, 15) is 19.7 Å². The lowest BCUT2D eigenvalue weighted by Crippen LogP contribution is -2.20. The molecule has 0 saturated heterocycles. The first-order chi connectivity index (χ1) is 13.4. The summed E-state index contributed by atoms with van der Waals surface area (Å²) >= 11 is 5.76. The number of furan rings is 1. The molecule has 3 aromatic rings. The molecular formula is C19H13ClN2O6. The van der Waals surface area contributed by atoms with Crippen LogP contribution >= 0.6 is 11.6 Å². The maximum absolute atomic E-state index is 12.0. The summed E-state index contributed by atoms with van der Waals surface area (Å²) in [7, 11) is 0. The largest absolute Gasteiger partial charge is 0.450 e. The van der Waals surface area contributed by atoms with Gasteiger partial charge in [-0.3, -0.25) is 14.9 Å². The Morgan fingerprint density at radius 3 is 2.36 bits per heavy atom. The lowest BCUT2D eigenvalue weighted by atomic mass is 10.1. The highest BCUT2D eigenvalue weighted by molar-refractivity contribution is 6.30. The molecule has 142 valence electrons. The molecule has 1 heterocycles. The summed E-state index contributed by atoms with van der Waals surface area (Å²) in [5.74, 6) is -1.07. The van der Waals surface area contributed by atoms with Gasteiger partial charge in [-0.15, -0.1) is 0 Å². The molecule has 0 saturated carbocycles. The second kappa shape index (κ2) is 8.36. The van der Waals surface area contributed by atoms with Crippen LogP contribution in [-0.4, -0.2) is 23.4 Å². The van der Waals surface area contributed by atoms with Crippen molar-refractivity contribution in [3.63, 3.8) is 0 Å². The summed E-state index contributed by atoms with van der Waals surface area (Å²) in [4.78, 5) is 34.0. The zero-order valence-corrected chi connectivity index (χ0v) is 15.0. The Kier molecular flexibility index (Phi) is 5.71. The number of rotatable bonds is 6. The highest BCUT2D eigenvalue weighted by Gasteiger charge is 2.16. The molecule has 1 N–H and O–H groups in total. The summed E-state index contributed by atoms with van der Waals surface area (Å²) in [5.41, 5.74) is 1.02. The van der Waals surface area contributed by atoms with Gasteiger partial charge in [-0.25, -0.2) is 4.79 Å². The number of anilines is 1. The average Bonchev–Trinajstić information content (AvgIpc) is 3.18. The van der Waals surface area contributed by atoms with Gasteiger partial charge in [-0.05, 0) is 48.5 Å². The minimum Gasteiger partial charge on any atom is -0.450 e.